The third-order valence-corrected chi connectivity index (χ3v) is 3.49. The highest BCUT2D eigenvalue weighted by atomic mass is 16.5. The molecule has 0 radical (unpaired) electrons. The van der Waals surface area contributed by atoms with Gasteiger partial charge in [-0.05, 0) is 37.3 Å². The van der Waals surface area contributed by atoms with E-state index in [0.717, 1.165) is 39.0 Å². The van der Waals surface area contributed by atoms with Crippen molar-refractivity contribution in [1.29, 1.82) is 0 Å². The highest BCUT2D eigenvalue weighted by Gasteiger charge is 2.16. The third-order valence-electron chi connectivity index (χ3n) is 3.49. The monoisotopic (exact) mass is 248 g/mol. The summed E-state index contributed by atoms with van der Waals surface area (Å²) in [6.07, 6.45) is 6.62. The summed E-state index contributed by atoms with van der Waals surface area (Å²) in [6.45, 7) is 2.55. The summed E-state index contributed by atoms with van der Waals surface area (Å²) >= 11 is 0. The summed E-state index contributed by atoms with van der Waals surface area (Å²) in [4.78, 5) is 17.8. The van der Waals surface area contributed by atoms with Crippen LogP contribution in [-0.4, -0.2) is 42.6 Å². The van der Waals surface area contributed by atoms with Gasteiger partial charge in [-0.2, -0.15) is 0 Å². The van der Waals surface area contributed by atoms with Crippen LogP contribution >= 0.6 is 0 Å². The van der Waals surface area contributed by atoms with Crippen molar-refractivity contribution in [1.82, 2.24) is 9.88 Å². The number of amides is 1. The number of carbonyl (C=O) groups is 1. The van der Waals surface area contributed by atoms with Gasteiger partial charge in [-0.3, -0.25) is 9.78 Å². The molecule has 1 amide bonds. The number of carbonyl (C=O) groups excluding carboxylic acids is 1. The van der Waals surface area contributed by atoms with E-state index < -0.39 is 0 Å². The zero-order valence-electron chi connectivity index (χ0n) is 10.8. The lowest BCUT2D eigenvalue weighted by atomic mass is 9.96. The fourth-order valence-corrected chi connectivity index (χ4v) is 2.23. The Bertz CT molecular complexity index is 375. The summed E-state index contributed by atoms with van der Waals surface area (Å²) < 4.78 is 5.34. The number of ether oxygens (including phenoxy) is 1. The third kappa shape index (κ3) is 3.53. The molecule has 1 aliphatic rings. The van der Waals surface area contributed by atoms with E-state index in [4.69, 9.17) is 4.74 Å². The average molecular weight is 248 g/mol. The largest absolute Gasteiger partial charge is 0.381 e. The van der Waals surface area contributed by atoms with Crippen molar-refractivity contribution in [2.45, 2.75) is 19.3 Å². The molecule has 1 fully saturated rings. The quantitative estimate of drug-likeness (QED) is 0.818. The van der Waals surface area contributed by atoms with E-state index in [-0.39, 0.29) is 5.91 Å². The fourth-order valence-electron chi connectivity index (χ4n) is 2.23. The van der Waals surface area contributed by atoms with E-state index in [1.807, 2.05) is 7.05 Å². The van der Waals surface area contributed by atoms with Crippen LogP contribution in [0.4, 0.5) is 0 Å². The zero-order chi connectivity index (χ0) is 12.8. The molecule has 0 unspecified atom stereocenters. The number of aromatic nitrogens is 1. The maximum atomic E-state index is 12.1. The molecular weight excluding hydrogens is 228 g/mol. The van der Waals surface area contributed by atoms with Crippen LogP contribution < -0.4 is 0 Å². The lowest BCUT2D eigenvalue weighted by Crippen LogP contribution is -2.30. The number of nitrogens with zero attached hydrogens (tertiary/aromatic N) is 2. The Morgan fingerprint density at radius 3 is 2.72 bits per heavy atom. The number of pyridine rings is 1. The summed E-state index contributed by atoms with van der Waals surface area (Å²) in [6, 6.07) is 3.51. The summed E-state index contributed by atoms with van der Waals surface area (Å²) in [5.74, 6) is 0.774. The minimum atomic E-state index is 0.0736. The Kier molecular flexibility index (Phi) is 4.70. The van der Waals surface area contributed by atoms with Crippen LogP contribution in [-0.2, 0) is 4.74 Å². The molecule has 1 saturated heterocycles. The van der Waals surface area contributed by atoms with E-state index in [0.29, 0.717) is 11.5 Å². The van der Waals surface area contributed by atoms with Gasteiger partial charge in [0.2, 0.25) is 0 Å². The highest BCUT2D eigenvalue weighted by molar-refractivity contribution is 5.93. The molecule has 1 aliphatic heterocycles. The maximum absolute atomic E-state index is 12.1. The molecular formula is C14H20N2O2. The topological polar surface area (TPSA) is 42.4 Å². The van der Waals surface area contributed by atoms with Gasteiger partial charge in [0.1, 0.15) is 0 Å². The molecule has 1 aromatic heterocycles. The van der Waals surface area contributed by atoms with Gasteiger partial charge in [-0.1, -0.05) is 0 Å². The molecule has 0 atom stereocenters. The van der Waals surface area contributed by atoms with Gasteiger partial charge in [0.05, 0.1) is 0 Å². The first-order valence-corrected chi connectivity index (χ1v) is 6.50. The van der Waals surface area contributed by atoms with Gasteiger partial charge in [0, 0.05) is 44.8 Å². The van der Waals surface area contributed by atoms with Gasteiger partial charge < -0.3 is 9.64 Å². The van der Waals surface area contributed by atoms with Gasteiger partial charge in [0.15, 0.2) is 0 Å². The Hall–Kier alpha value is -1.42. The molecule has 4 nitrogen and oxygen atoms in total. The molecule has 98 valence electrons. The second-order valence-corrected chi connectivity index (χ2v) is 4.81. The van der Waals surface area contributed by atoms with Crippen LogP contribution in [0.25, 0.3) is 0 Å². The Morgan fingerprint density at radius 2 is 2.06 bits per heavy atom. The van der Waals surface area contributed by atoms with E-state index >= 15 is 0 Å². The normalized spacial score (nSPS) is 16.5. The number of rotatable bonds is 4. The highest BCUT2D eigenvalue weighted by Crippen LogP contribution is 2.18. The molecule has 2 rings (SSSR count). The lowest BCUT2D eigenvalue weighted by Gasteiger charge is -2.24. The first-order chi connectivity index (χ1) is 8.77. The second-order valence-electron chi connectivity index (χ2n) is 4.81. The van der Waals surface area contributed by atoms with Crippen molar-refractivity contribution in [3.8, 4) is 0 Å². The van der Waals surface area contributed by atoms with Gasteiger partial charge in [0.25, 0.3) is 5.91 Å². The van der Waals surface area contributed by atoms with Gasteiger partial charge in [-0.25, -0.2) is 0 Å². The van der Waals surface area contributed by atoms with Crippen molar-refractivity contribution in [2.75, 3.05) is 26.8 Å². The average Bonchev–Trinajstić information content (AvgIpc) is 2.46. The van der Waals surface area contributed by atoms with Crippen molar-refractivity contribution in [2.24, 2.45) is 5.92 Å². The number of hydrogen-bond donors (Lipinski definition) is 0. The molecule has 0 spiro atoms. The minimum absolute atomic E-state index is 0.0736. The Balaban J connectivity index is 1.80. The van der Waals surface area contributed by atoms with E-state index in [9.17, 15) is 4.79 Å². The molecule has 0 N–H and O–H groups in total. The second kappa shape index (κ2) is 6.50. The van der Waals surface area contributed by atoms with Crippen molar-refractivity contribution in [3.05, 3.63) is 30.1 Å². The lowest BCUT2D eigenvalue weighted by molar-refractivity contribution is 0.0583. The Morgan fingerprint density at radius 1 is 1.39 bits per heavy atom. The smallest absolute Gasteiger partial charge is 0.253 e. The minimum Gasteiger partial charge on any atom is -0.381 e. The first kappa shape index (κ1) is 13.0. The standard InChI is InChI=1S/C14H20N2O2/c1-16(9-4-12-5-10-18-11-6-12)14(17)13-2-7-15-8-3-13/h2-3,7-8,12H,4-6,9-11H2,1H3. The van der Waals surface area contributed by atoms with Crippen LogP contribution in [0.1, 0.15) is 29.6 Å². The summed E-state index contributed by atoms with van der Waals surface area (Å²) in [5, 5.41) is 0. The van der Waals surface area contributed by atoms with Crippen LogP contribution in [0, 0.1) is 5.92 Å². The molecule has 0 bridgehead atoms. The van der Waals surface area contributed by atoms with Crippen molar-refractivity contribution >= 4 is 5.91 Å². The molecule has 0 aromatic carbocycles. The maximum Gasteiger partial charge on any atom is 0.253 e. The van der Waals surface area contributed by atoms with E-state index in [1.165, 1.54) is 0 Å². The fraction of sp³-hybridized carbons (Fsp3) is 0.571. The number of hydrogen-bond acceptors (Lipinski definition) is 3. The van der Waals surface area contributed by atoms with Crippen molar-refractivity contribution in [3.63, 3.8) is 0 Å². The predicted octanol–water partition coefficient (Wildman–Crippen LogP) is 1.97. The molecule has 0 saturated carbocycles. The first-order valence-electron chi connectivity index (χ1n) is 6.50. The molecule has 2 heterocycles. The molecule has 0 aliphatic carbocycles. The van der Waals surface area contributed by atoms with Crippen LogP contribution in [0.5, 0.6) is 0 Å². The molecule has 1 aromatic rings. The van der Waals surface area contributed by atoms with Crippen LogP contribution in [0.15, 0.2) is 24.5 Å². The summed E-state index contributed by atoms with van der Waals surface area (Å²) in [7, 11) is 1.86. The SMILES string of the molecule is CN(CCC1CCOCC1)C(=O)c1ccncc1. The van der Waals surface area contributed by atoms with Gasteiger partial charge >= 0.3 is 0 Å². The molecule has 4 heteroatoms. The van der Waals surface area contributed by atoms with Gasteiger partial charge in [-0.15, -0.1) is 0 Å². The van der Waals surface area contributed by atoms with Crippen molar-refractivity contribution < 1.29 is 9.53 Å². The summed E-state index contributed by atoms with van der Waals surface area (Å²) in [5.41, 5.74) is 0.708. The Labute approximate surface area is 108 Å². The predicted molar refractivity (Wildman–Crippen MR) is 69.4 cm³/mol. The molecule has 18 heavy (non-hydrogen) atoms. The van der Waals surface area contributed by atoms with Crippen LogP contribution in [0.3, 0.4) is 0 Å². The van der Waals surface area contributed by atoms with E-state index in [2.05, 4.69) is 4.98 Å². The zero-order valence-corrected chi connectivity index (χ0v) is 10.8. The van der Waals surface area contributed by atoms with Crippen LogP contribution in [0.2, 0.25) is 0 Å². The van der Waals surface area contributed by atoms with E-state index in [1.54, 1.807) is 29.4 Å².